The number of carbonyl (C=O) groups excluding carboxylic acids is 1. The van der Waals surface area contributed by atoms with E-state index in [-0.39, 0.29) is 11.4 Å². The van der Waals surface area contributed by atoms with E-state index in [0.29, 0.717) is 5.69 Å². The van der Waals surface area contributed by atoms with E-state index >= 15 is 0 Å². The number of sulfonamides is 1. The number of rotatable bonds is 5. The molecule has 2 aromatic carbocycles. The zero-order valence-electron chi connectivity index (χ0n) is 12.8. The monoisotopic (exact) mass is 333 g/mol. The van der Waals surface area contributed by atoms with Gasteiger partial charge in [0.2, 0.25) is 10.0 Å². The summed E-state index contributed by atoms with van der Waals surface area (Å²) in [5, 5.41) is 11.4. The normalized spacial score (nSPS) is 11.4. The molecule has 0 aliphatic heterocycles. The summed E-state index contributed by atoms with van der Waals surface area (Å²) >= 11 is 0. The third-order valence-corrected chi connectivity index (χ3v) is 5.16. The Morgan fingerprint density at radius 1 is 1.00 bits per heavy atom. The number of carboxylic acid groups (broad SMARTS) is 1. The van der Waals surface area contributed by atoms with Gasteiger partial charge in [0.1, 0.15) is 6.09 Å². The van der Waals surface area contributed by atoms with Crippen LogP contribution in [0.5, 0.6) is 0 Å². The number of anilines is 1. The van der Waals surface area contributed by atoms with E-state index in [4.69, 9.17) is 0 Å². The van der Waals surface area contributed by atoms with Crippen LogP contribution >= 0.6 is 0 Å². The van der Waals surface area contributed by atoms with E-state index in [1.54, 1.807) is 12.1 Å². The first-order valence-corrected chi connectivity index (χ1v) is 8.31. The van der Waals surface area contributed by atoms with E-state index in [9.17, 15) is 18.3 Å². The number of amides is 1. The Morgan fingerprint density at radius 3 is 2.04 bits per heavy atom. The quantitative estimate of drug-likeness (QED) is 0.825. The minimum atomic E-state index is -3.55. The van der Waals surface area contributed by atoms with Crippen LogP contribution in [0.2, 0.25) is 0 Å². The SMILES string of the molecule is CN(C)S(=O)(=O)c1ccc(N(Cc2ccccc2)C(=O)[O-])cc1. The van der Waals surface area contributed by atoms with Crippen LogP contribution in [0, 0.1) is 0 Å². The smallest absolute Gasteiger partial charge is 0.242 e. The van der Waals surface area contributed by atoms with Crippen molar-refractivity contribution in [3.63, 3.8) is 0 Å². The first-order chi connectivity index (χ1) is 10.8. The maximum atomic E-state index is 12.0. The van der Waals surface area contributed by atoms with Gasteiger partial charge >= 0.3 is 0 Å². The maximum Gasteiger partial charge on any atom is 0.242 e. The lowest BCUT2D eigenvalue weighted by molar-refractivity contribution is -0.246. The van der Waals surface area contributed by atoms with E-state index in [1.165, 1.54) is 38.4 Å². The molecule has 6 nitrogen and oxygen atoms in total. The molecule has 0 radical (unpaired) electrons. The van der Waals surface area contributed by atoms with Gasteiger partial charge in [-0.25, -0.2) is 12.7 Å². The third kappa shape index (κ3) is 3.88. The van der Waals surface area contributed by atoms with Crippen molar-refractivity contribution in [1.82, 2.24) is 4.31 Å². The molecule has 0 heterocycles. The molecule has 0 bridgehead atoms. The summed E-state index contributed by atoms with van der Waals surface area (Å²) in [6.45, 7) is 0.128. The Balaban J connectivity index is 2.29. The molecule has 0 aliphatic carbocycles. The van der Waals surface area contributed by atoms with E-state index < -0.39 is 16.1 Å². The van der Waals surface area contributed by atoms with Gasteiger partial charge in [0, 0.05) is 26.3 Å². The van der Waals surface area contributed by atoms with Gasteiger partial charge in [0.15, 0.2) is 0 Å². The fourth-order valence-electron chi connectivity index (χ4n) is 2.04. The van der Waals surface area contributed by atoms with Gasteiger partial charge in [-0.3, -0.25) is 0 Å². The Labute approximate surface area is 135 Å². The van der Waals surface area contributed by atoms with Crippen LogP contribution in [0.1, 0.15) is 5.56 Å². The van der Waals surface area contributed by atoms with Gasteiger partial charge < -0.3 is 14.8 Å². The van der Waals surface area contributed by atoms with Crippen molar-refractivity contribution in [1.29, 1.82) is 0 Å². The van der Waals surface area contributed by atoms with Gasteiger partial charge in [-0.15, -0.1) is 0 Å². The van der Waals surface area contributed by atoms with Crippen molar-refractivity contribution in [3.05, 3.63) is 60.2 Å². The molecular weight excluding hydrogens is 316 g/mol. The Morgan fingerprint density at radius 2 is 1.57 bits per heavy atom. The molecule has 0 fully saturated rings. The molecule has 0 saturated carbocycles. The van der Waals surface area contributed by atoms with E-state index in [0.717, 1.165) is 14.8 Å². The Hall–Kier alpha value is -2.38. The highest BCUT2D eigenvalue weighted by Gasteiger charge is 2.17. The average molecular weight is 333 g/mol. The number of carbonyl (C=O) groups is 1. The molecule has 1 amide bonds. The van der Waals surface area contributed by atoms with Crippen molar-refractivity contribution in [3.8, 4) is 0 Å². The molecule has 7 heteroatoms. The summed E-state index contributed by atoms with van der Waals surface area (Å²) in [5.41, 5.74) is 1.16. The predicted octanol–water partition coefficient (Wildman–Crippen LogP) is 1.29. The topological polar surface area (TPSA) is 80.8 Å². The molecule has 0 saturated heterocycles. The van der Waals surface area contributed by atoms with Crippen LogP contribution in [0.15, 0.2) is 59.5 Å². The second kappa shape index (κ2) is 6.80. The molecular formula is C16H17N2O4S-. The summed E-state index contributed by atoms with van der Waals surface area (Å²) < 4.78 is 25.1. The Bertz CT molecular complexity index is 771. The van der Waals surface area contributed by atoms with Crippen molar-refractivity contribution >= 4 is 21.8 Å². The maximum absolute atomic E-state index is 12.0. The molecule has 23 heavy (non-hydrogen) atoms. The molecule has 2 rings (SSSR count). The van der Waals surface area contributed by atoms with Crippen LogP contribution in [0.4, 0.5) is 10.5 Å². The molecule has 0 N–H and O–H groups in total. The third-order valence-electron chi connectivity index (χ3n) is 3.33. The summed E-state index contributed by atoms with van der Waals surface area (Å²) in [7, 11) is -0.673. The standard InChI is InChI=1S/C16H18N2O4S/c1-17(2)23(21,22)15-10-8-14(9-11-15)18(16(19)20)12-13-6-4-3-5-7-13/h3-11H,12H2,1-2H3,(H,19,20)/p-1. The van der Waals surface area contributed by atoms with Crippen molar-refractivity contribution in [2.24, 2.45) is 0 Å². The minimum Gasteiger partial charge on any atom is -0.530 e. The molecule has 2 aromatic rings. The summed E-state index contributed by atoms with van der Waals surface area (Å²) in [6.07, 6.45) is -1.35. The first kappa shape index (κ1) is 17.0. The fourth-order valence-corrected chi connectivity index (χ4v) is 2.94. The second-order valence-electron chi connectivity index (χ2n) is 5.12. The van der Waals surface area contributed by atoms with Gasteiger partial charge in [-0.1, -0.05) is 30.3 Å². The second-order valence-corrected chi connectivity index (χ2v) is 7.27. The number of hydrogen-bond donors (Lipinski definition) is 0. The van der Waals surface area contributed by atoms with Crippen molar-refractivity contribution < 1.29 is 18.3 Å². The lowest BCUT2D eigenvalue weighted by Crippen LogP contribution is -2.40. The van der Waals surface area contributed by atoms with Crippen LogP contribution in [-0.4, -0.2) is 32.9 Å². The van der Waals surface area contributed by atoms with Crippen molar-refractivity contribution in [2.45, 2.75) is 11.4 Å². The number of nitrogens with zero attached hydrogens (tertiary/aromatic N) is 2. The van der Waals surface area contributed by atoms with Gasteiger partial charge in [0.25, 0.3) is 0 Å². The highest BCUT2D eigenvalue weighted by Crippen LogP contribution is 2.21. The lowest BCUT2D eigenvalue weighted by Gasteiger charge is -2.25. The fraction of sp³-hybridized carbons (Fsp3) is 0.188. The molecule has 122 valence electrons. The summed E-state index contributed by atoms with van der Waals surface area (Å²) in [5.74, 6) is 0. The van der Waals surface area contributed by atoms with Crippen molar-refractivity contribution in [2.75, 3.05) is 19.0 Å². The van der Waals surface area contributed by atoms with Crippen LogP contribution in [0.25, 0.3) is 0 Å². The van der Waals surface area contributed by atoms with E-state index in [1.807, 2.05) is 18.2 Å². The zero-order valence-corrected chi connectivity index (χ0v) is 13.7. The van der Waals surface area contributed by atoms with Crippen LogP contribution < -0.4 is 10.0 Å². The van der Waals surface area contributed by atoms with Gasteiger partial charge in [0.05, 0.1) is 4.90 Å². The lowest BCUT2D eigenvalue weighted by atomic mass is 10.2. The first-order valence-electron chi connectivity index (χ1n) is 6.87. The molecule has 0 spiro atoms. The number of hydrogen-bond acceptors (Lipinski definition) is 4. The average Bonchev–Trinajstić information content (AvgIpc) is 2.53. The van der Waals surface area contributed by atoms with Gasteiger partial charge in [-0.2, -0.15) is 0 Å². The largest absolute Gasteiger partial charge is 0.530 e. The molecule has 0 aliphatic rings. The molecule has 0 atom stereocenters. The van der Waals surface area contributed by atoms with Crippen LogP contribution in [0.3, 0.4) is 0 Å². The zero-order chi connectivity index (χ0) is 17.0. The van der Waals surface area contributed by atoms with E-state index in [2.05, 4.69) is 0 Å². The summed E-state index contributed by atoms with van der Waals surface area (Å²) in [6, 6.07) is 14.8. The highest BCUT2D eigenvalue weighted by atomic mass is 32.2. The molecule has 0 unspecified atom stereocenters. The molecule has 0 aromatic heterocycles. The highest BCUT2D eigenvalue weighted by molar-refractivity contribution is 7.89. The summed E-state index contributed by atoms with van der Waals surface area (Å²) in [4.78, 5) is 12.5. The Kier molecular flexibility index (Phi) is 5.02. The van der Waals surface area contributed by atoms with Crippen LogP contribution in [-0.2, 0) is 16.6 Å². The predicted molar refractivity (Wildman–Crippen MR) is 85.3 cm³/mol. The van der Waals surface area contributed by atoms with Gasteiger partial charge in [-0.05, 0) is 29.8 Å². The minimum absolute atomic E-state index is 0.101. The number of benzene rings is 2.